The molecule has 0 aliphatic carbocycles. The van der Waals surface area contributed by atoms with Crippen molar-refractivity contribution in [3.63, 3.8) is 0 Å². The van der Waals surface area contributed by atoms with Crippen LogP contribution in [0.2, 0.25) is 0 Å². The van der Waals surface area contributed by atoms with E-state index in [9.17, 15) is 0 Å². The number of rotatable bonds is 1. The lowest BCUT2D eigenvalue weighted by Gasteiger charge is -2.37. The van der Waals surface area contributed by atoms with E-state index in [2.05, 4.69) is 39.9 Å². The van der Waals surface area contributed by atoms with E-state index in [1.807, 2.05) is 6.07 Å². The molecule has 2 aromatic rings. The molecule has 0 radical (unpaired) electrons. The quantitative estimate of drug-likeness (QED) is 0.788. The molecule has 5 heteroatoms. The molecule has 0 amide bonds. The van der Waals surface area contributed by atoms with Crippen LogP contribution in [-0.4, -0.2) is 54.1 Å². The van der Waals surface area contributed by atoms with Crippen LogP contribution in [0.15, 0.2) is 24.3 Å². The number of ether oxygens (including phenoxy) is 2. The van der Waals surface area contributed by atoms with Crippen molar-refractivity contribution in [3.05, 3.63) is 30.0 Å². The van der Waals surface area contributed by atoms with Crippen LogP contribution in [0.3, 0.4) is 0 Å². The molecule has 1 fully saturated rings. The van der Waals surface area contributed by atoms with Crippen LogP contribution < -0.4 is 0 Å². The molecular formula is C15H19N3O2. The van der Waals surface area contributed by atoms with Gasteiger partial charge in [-0.05, 0) is 13.1 Å². The molecule has 0 N–H and O–H groups in total. The maximum Gasteiger partial charge on any atom is 0.127 e. The van der Waals surface area contributed by atoms with Gasteiger partial charge in [-0.3, -0.25) is 4.68 Å². The molecule has 2 atom stereocenters. The molecule has 1 aromatic heterocycles. The maximum atomic E-state index is 6.05. The molecule has 3 heterocycles. The lowest BCUT2D eigenvalue weighted by Crippen LogP contribution is -2.45. The topological polar surface area (TPSA) is 39.5 Å². The maximum absolute atomic E-state index is 6.05. The van der Waals surface area contributed by atoms with Crippen LogP contribution in [-0.2, 0) is 16.0 Å². The first-order valence-corrected chi connectivity index (χ1v) is 7.20. The molecule has 2 aliphatic heterocycles. The van der Waals surface area contributed by atoms with Crippen LogP contribution in [0.25, 0.3) is 10.9 Å². The fraction of sp³-hybridized carbons (Fsp3) is 0.533. The second-order valence-corrected chi connectivity index (χ2v) is 5.59. The molecule has 0 spiro atoms. The number of fused-ring (bicyclic) bond motifs is 3. The van der Waals surface area contributed by atoms with E-state index >= 15 is 0 Å². The van der Waals surface area contributed by atoms with Gasteiger partial charge in [0.1, 0.15) is 12.2 Å². The lowest BCUT2D eigenvalue weighted by atomic mass is 10.0. The number of hydrogen-bond acceptors (Lipinski definition) is 4. The fourth-order valence-corrected chi connectivity index (χ4v) is 3.19. The monoisotopic (exact) mass is 273 g/mol. The molecule has 0 bridgehead atoms. The smallest absolute Gasteiger partial charge is 0.127 e. The summed E-state index contributed by atoms with van der Waals surface area (Å²) < 4.78 is 14.1. The van der Waals surface area contributed by atoms with Crippen molar-refractivity contribution in [2.45, 2.75) is 18.8 Å². The van der Waals surface area contributed by atoms with Gasteiger partial charge >= 0.3 is 0 Å². The molecule has 1 unspecified atom stereocenters. The van der Waals surface area contributed by atoms with Gasteiger partial charge in [-0.15, -0.1) is 0 Å². The first-order chi connectivity index (χ1) is 9.83. The molecule has 2 aliphatic rings. The van der Waals surface area contributed by atoms with E-state index in [-0.39, 0.29) is 12.2 Å². The second kappa shape index (κ2) is 4.84. The largest absolute Gasteiger partial charge is 0.372 e. The Kier molecular flexibility index (Phi) is 2.98. The molecular weight excluding hydrogens is 254 g/mol. The Hall–Kier alpha value is -1.43. The Morgan fingerprint density at radius 2 is 2.00 bits per heavy atom. The normalized spacial score (nSPS) is 27.6. The van der Waals surface area contributed by atoms with E-state index < -0.39 is 0 Å². The summed E-state index contributed by atoms with van der Waals surface area (Å²) in [4.78, 5) is 2.30. The summed E-state index contributed by atoms with van der Waals surface area (Å²) in [7, 11) is 2.13. The number of benzene rings is 1. The van der Waals surface area contributed by atoms with Crippen LogP contribution in [0.5, 0.6) is 0 Å². The van der Waals surface area contributed by atoms with Gasteiger partial charge < -0.3 is 14.4 Å². The Balaban J connectivity index is 1.77. The first kappa shape index (κ1) is 12.3. The first-order valence-electron chi connectivity index (χ1n) is 7.20. The van der Waals surface area contributed by atoms with Gasteiger partial charge in [-0.1, -0.05) is 18.2 Å². The number of morpholine rings is 1. The van der Waals surface area contributed by atoms with Crippen molar-refractivity contribution < 1.29 is 9.47 Å². The highest BCUT2D eigenvalue weighted by Crippen LogP contribution is 2.33. The third kappa shape index (κ3) is 1.93. The van der Waals surface area contributed by atoms with E-state index in [1.165, 1.54) is 11.1 Å². The van der Waals surface area contributed by atoms with Gasteiger partial charge in [0.2, 0.25) is 0 Å². The summed E-state index contributed by atoms with van der Waals surface area (Å²) in [5, 5.41) is 5.87. The van der Waals surface area contributed by atoms with Crippen molar-refractivity contribution in [1.82, 2.24) is 14.7 Å². The van der Waals surface area contributed by atoms with Crippen molar-refractivity contribution in [3.8, 4) is 0 Å². The molecule has 5 nitrogen and oxygen atoms in total. The van der Waals surface area contributed by atoms with Crippen LogP contribution in [0, 0.1) is 0 Å². The zero-order valence-corrected chi connectivity index (χ0v) is 11.7. The number of nitrogens with zero attached hydrogens (tertiary/aromatic N) is 3. The molecule has 1 saturated heterocycles. The molecule has 0 saturated carbocycles. The van der Waals surface area contributed by atoms with Crippen LogP contribution in [0.4, 0.5) is 0 Å². The Labute approximate surface area is 118 Å². The number of likely N-dealkylation sites (N-methyl/N-ethyl adjacent to an activating group) is 1. The minimum absolute atomic E-state index is 0.0149. The second-order valence-electron chi connectivity index (χ2n) is 5.59. The lowest BCUT2D eigenvalue weighted by molar-refractivity contribution is -0.121. The van der Waals surface area contributed by atoms with Crippen LogP contribution in [0.1, 0.15) is 11.8 Å². The highest BCUT2D eigenvalue weighted by molar-refractivity contribution is 5.82. The molecule has 1 aromatic carbocycles. The SMILES string of the molecule is CN1CCOC([C@H]2OCCn3nc4ccccc4c32)C1. The molecule has 106 valence electrons. The van der Waals surface area contributed by atoms with Crippen molar-refractivity contribution >= 4 is 10.9 Å². The van der Waals surface area contributed by atoms with Gasteiger partial charge in [0, 0.05) is 18.5 Å². The minimum atomic E-state index is -0.0149. The van der Waals surface area contributed by atoms with E-state index in [0.29, 0.717) is 6.61 Å². The average Bonchev–Trinajstić information content (AvgIpc) is 2.85. The highest BCUT2D eigenvalue weighted by Gasteiger charge is 2.34. The van der Waals surface area contributed by atoms with Gasteiger partial charge in [0.25, 0.3) is 0 Å². The van der Waals surface area contributed by atoms with Gasteiger partial charge in [0.05, 0.1) is 31.0 Å². The van der Waals surface area contributed by atoms with Crippen molar-refractivity contribution in [2.24, 2.45) is 0 Å². The number of hydrogen-bond donors (Lipinski definition) is 0. The van der Waals surface area contributed by atoms with Gasteiger partial charge in [-0.25, -0.2) is 0 Å². The summed E-state index contributed by atoms with van der Waals surface area (Å²) in [5.74, 6) is 0. The van der Waals surface area contributed by atoms with Crippen molar-refractivity contribution in [2.75, 3.05) is 33.4 Å². The number of aromatic nitrogens is 2. The molecule has 4 rings (SSSR count). The van der Waals surface area contributed by atoms with Crippen molar-refractivity contribution in [1.29, 1.82) is 0 Å². The van der Waals surface area contributed by atoms with E-state index in [4.69, 9.17) is 9.47 Å². The average molecular weight is 273 g/mol. The standard InChI is InChI=1S/C15H19N3O2/c1-17-6-8-19-13(10-17)15-14-11-4-2-3-5-12(11)16-18(14)7-9-20-15/h2-5,13,15H,6-10H2,1H3/t13?,15-/m1/s1. The zero-order chi connectivity index (χ0) is 13.5. The predicted molar refractivity (Wildman–Crippen MR) is 75.7 cm³/mol. The summed E-state index contributed by atoms with van der Waals surface area (Å²) in [5.41, 5.74) is 2.22. The highest BCUT2D eigenvalue weighted by atomic mass is 16.5. The third-order valence-corrected chi connectivity index (χ3v) is 4.19. The fourth-order valence-electron chi connectivity index (χ4n) is 3.19. The summed E-state index contributed by atoms with van der Waals surface area (Å²) in [6.07, 6.45) is 0.0757. The minimum Gasteiger partial charge on any atom is -0.372 e. The summed E-state index contributed by atoms with van der Waals surface area (Å²) in [6.45, 7) is 4.19. The van der Waals surface area contributed by atoms with E-state index in [0.717, 1.165) is 31.8 Å². The zero-order valence-electron chi connectivity index (χ0n) is 11.7. The predicted octanol–water partition coefficient (Wildman–Crippen LogP) is 1.44. The Morgan fingerprint density at radius 3 is 2.90 bits per heavy atom. The summed E-state index contributed by atoms with van der Waals surface area (Å²) >= 11 is 0. The molecule has 20 heavy (non-hydrogen) atoms. The van der Waals surface area contributed by atoms with Gasteiger partial charge in [-0.2, -0.15) is 5.10 Å². The van der Waals surface area contributed by atoms with E-state index in [1.54, 1.807) is 0 Å². The Morgan fingerprint density at radius 1 is 1.15 bits per heavy atom. The van der Waals surface area contributed by atoms with Crippen LogP contribution >= 0.6 is 0 Å². The van der Waals surface area contributed by atoms with Gasteiger partial charge in [0.15, 0.2) is 0 Å². The summed E-state index contributed by atoms with van der Waals surface area (Å²) in [6, 6.07) is 8.28. The Bertz CT molecular complexity index is 625. The third-order valence-electron chi connectivity index (χ3n) is 4.19.